The molecule has 0 saturated carbocycles. The summed E-state index contributed by atoms with van der Waals surface area (Å²) in [4.78, 5) is 10.7. The van der Waals surface area contributed by atoms with Crippen molar-refractivity contribution in [3.05, 3.63) is 17.6 Å². The zero-order valence-electron chi connectivity index (χ0n) is 11.4. The Morgan fingerprint density at radius 1 is 1.47 bits per heavy atom. The third-order valence-corrected chi connectivity index (χ3v) is 2.56. The van der Waals surface area contributed by atoms with E-state index >= 15 is 0 Å². The number of hydrogen-bond donors (Lipinski definition) is 2. The van der Waals surface area contributed by atoms with Gasteiger partial charge in [-0.2, -0.15) is 5.26 Å². The van der Waals surface area contributed by atoms with Gasteiger partial charge in [0.05, 0.1) is 19.2 Å². The summed E-state index contributed by atoms with van der Waals surface area (Å²) in [6.45, 7) is 4.48. The zero-order valence-corrected chi connectivity index (χ0v) is 11.4. The first-order chi connectivity index (χ1) is 9.19. The molecule has 0 saturated heterocycles. The van der Waals surface area contributed by atoms with Gasteiger partial charge in [-0.15, -0.1) is 0 Å². The van der Waals surface area contributed by atoms with Crippen molar-refractivity contribution in [2.24, 2.45) is 5.84 Å². The highest BCUT2D eigenvalue weighted by atomic mass is 16.5. The van der Waals surface area contributed by atoms with E-state index in [4.69, 9.17) is 15.8 Å². The molecule has 0 unspecified atom stereocenters. The number of rotatable bonds is 8. The lowest BCUT2D eigenvalue weighted by Crippen LogP contribution is -2.29. The maximum absolute atomic E-state index is 8.67. The Bertz CT molecular complexity index is 431. The Labute approximate surface area is 113 Å². The van der Waals surface area contributed by atoms with Gasteiger partial charge in [0.2, 0.25) is 0 Å². The molecule has 0 fully saturated rings. The van der Waals surface area contributed by atoms with Crippen molar-refractivity contribution in [3.63, 3.8) is 0 Å². The second-order valence-corrected chi connectivity index (χ2v) is 4.13. The van der Waals surface area contributed by atoms with Gasteiger partial charge in [0.25, 0.3) is 0 Å². The van der Waals surface area contributed by atoms with Gasteiger partial charge < -0.3 is 10.2 Å². The first-order valence-electron chi connectivity index (χ1n) is 6.09. The number of nitrogens with one attached hydrogen (secondary N) is 1. The summed E-state index contributed by atoms with van der Waals surface area (Å²) in [7, 11) is 1.65. The van der Waals surface area contributed by atoms with E-state index in [2.05, 4.69) is 26.4 Å². The Hall–Kier alpha value is -1.75. The van der Waals surface area contributed by atoms with Crippen molar-refractivity contribution in [1.82, 2.24) is 14.9 Å². The van der Waals surface area contributed by atoms with Crippen LogP contribution in [-0.4, -0.2) is 41.7 Å². The van der Waals surface area contributed by atoms with Gasteiger partial charge in [-0.05, 0) is 6.92 Å². The van der Waals surface area contributed by atoms with Crippen LogP contribution in [0.4, 0.5) is 5.82 Å². The van der Waals surface area contributed by atoms with Crippen molar-refractivity contribution in [2.45, 2.75) is 19.9 Å². The molecule has 0 amide bonds. The first kappa shape index (κ1) is 15.3. The van der Waals surface area contributed by atoms with Crippen LogP contribution in [0.2, 0.25) is 0 Å². The SMILES string of the molecule is COCCN(CCC#N)Cc1nc(C)cc(NN)n1. The average molecular weight is 264 g/mol. The number of hydrazine groups is 1. The van der Waals surface area contributed by atoms with Crippen LogP contribution in [0, 0.1) is 18.3 Å². The molecule has 0 bridgehead atoms. The van der Waals surface area contributed by atoms with Gasteiger partial charge in [-0.3, -0.25) is 4.90 Å². The van der Waals surface area contributed by atoms with E-state index in [0.29, 0.717) is 37.8 Å². The predicted molar refractivity (Wildman–Crippen MR) is 72.0 cm³/mol. The van der Waals surface area contributed by atoms with Crippen LogP contribution < -0.4 is 11.3 Å². The molecule has 0 spiro atoms. The summed E-state index contributed by atoms with van der Waals surface area (Å²) >= 11 is 0. The number of aryl methyl sites for hydroxylation is 1. The van der Waals surface area contributed by atoms with Crippen LogP contribution in [0.5, 0.6) is 0 Å². The minimum Gasteiger partial charge on any atom is -0.383 e. The molecule has 1 aromatic rings. The summed E-state index contributed by atoms with van der Waals surface area (Å²) < 4.78 is 5.06. The van der Waals surface area contributed by atoms with E-state index < -0.39 is 0 Å². The zero-order chi connectivity index (χ0) is 14.1. The second-order valence-electron chi connectivity index (χ2n) is 4.13. The number of nitriles is 1. The van der Waals surface area contributed by atoms with Gasteiger partial charge in [-0.1, -0.05) is 0 Å². The van der Waals surface area contributed by atoms with Crippen LogP contribution in [0.3, 0.4) is 0 Å². The molecule has 3 N–H and O–H groups in total. The topological polar surface area (TPSA) is 100 Å². The van der Waals surface area contributed by atoms with Crippen LogP contribution in [0.25, 0.3) is 0 Å². The molecule has 0 aliphatic carbocycles. The minimum atomic E-state index is 0.470. The number of ether oxygens (including phenoxy) is 1. The van der Waals surface area contributed by atoms with E-state index in [1.807, 2.05) is 6.92 Å². The van der Waals surface area contributed by atoms with E-state index in [1.54, 1.807) is 13.2 Å². The molecule has 0 radical (unpaired) electrons. The molecule has 1 heterocycles. The lowest BCUT2D eigenvalue weighted by atomic mass is 10.3. The molecular formula is C12H20N6O. The second kappa shape index (κ2) is 8.37. The average Bonchev–Trinajstić information content (AvgIpc) is 2.41. The van der Waals surface area contributed by atoms with E-state index in [0.717, 1.165) is 12.2 Å². The normalized spacial score (nSPS) is 10.5. The quantitative estimate of drug-likeness (QED) is 0.519. The van der Waals surface area contributed by atoms with E-state index in [9.17, 15) is 0 Å². The largest absolute Gasteiger partial charge is 0.383 e. The molecule has 0 aliphatic rings. The van der Waals surface area contributed by atoms with Gasteiger partial charge in [-0.25, -0.2) is 15.8 Å². The Balaban J connectivity index is 2.71. The number of nitrogens with two attached hydrogens (primary N) is 1. The molecule has 7 heteroatoms. The van der Waals surface area contributed by atoms with Gasteiger partial charge >= 0.3 is 0 Å². The molecule has 19 heavy (non-hydrogen) atoms. The van der Waals surface area contributed by atoms with Crippen molar-refractivity contribution in [3.8, 4) is 6.07 Å². The van der Waals surface area contributed by atoms with Crippen LogP contribution >= 0.6 is 0 Å². The first-order valence-corrected chi connectivity index (χ1v) is 6.09. The molecule has 0 atom stereocenters. The molecular weight excluding hydrogens is 244 g/mol. The van der Waals surface area contributed by atoms with Crippen molar-refractivity contribution in [1.29, 1.82) is 5.26 Å². The van der Waals surface area contributed by atoms with Crippen molar-refractivity contribution >= 4 is 5.82 Å². The fraction of sp³-hybridized carbons (Fsp3) is 0.583. The standard InChI is InChI=1S/C12H20N6O/c1-10-8-11(17-14)16-12(15-10)9-18(5-3-4-13)6-7-19-2/h8H,3,5-7,9,14H2,1-2H3,(H,15,16,17). The number of aromatic nitrogens is 2. The van der Waals surface area contributed by atoms with Gasteiger partial charge in [0, 0.05) is 38.4 Å². The number of nitrogens with zero attached hydrogens (tertiary/aromatic N) is 4. The maximum Gasteiger partial charge on any atom is 0.145 e. The summed E-state index contributed by atoms with van der Waals surface area (Å²) in [5, 5.41) is 8.67. The van der Waals surface area contributed by atoms with Crippen LogP contribution in [-0.2, 0) is 11.3 Å². The number of anilines is 1. The maximum atomic E-state index is 8.67. The Kier molecular flexibility index (Phi) is 6.74. The van der Waals surface area contributed by atoms with E-state index in [1.165, 1.54) is 0 Å². The molecule has 1 rings (SSSR count). The van der Waals surface area contributed by atoms with Crippen molar-refractivity contribution in [2.75, 3.05) is 32.2 Å². The van der Waals surface area contributed by atoms with Crippen LogP contribution in [0.15, 0.2) is 6.07 Å². The number of nitrogen functional groups attached to an aromatic ring is 1. The highest BCUT2D eigenvalue weighted by Gasteiger charge is 2.09. The Morgan fingerprint density at radius 3 is 2.89 bits per heavy atom. The molecule has 7 nitrogen and oxygen atoms in total. The van der Waals surface area contributed by atoms with E-state index in [-0.39, 0.29) is 0 Å². The summed E-state index contributed by atoms with van der Waals surface area (Å²) in [6, 6.07) is 3.91. The fourth-order valence-electron chi connectivity index (χ4n) is 1.67. The molecule has 104 valence electrons. The summed E-state index contributed by atoms with van der Waals surface area (Å²) in [5.41, 5.74) is 3.37. The lowest BCUT2D eigenvalue weighted by molar-refractivity contribution is 0.144. The molecule has 0 aliphatic heterocycles. The third-order valence-electron chi connectivity index (χ3n) is 2.56. The highest BCUT2D eigenvalue weighted by molar-refractivity contribution is 5.33. The summed E-state index contributed by atoms with van der Waals surface area (Å²) in [5.74, 6) is 6.64. The summed E-state index contributed by atoms with van der Waals surface area (Å²) in [6.07, 6.45) is 0.470. The number of hydrogen-bond acceptors (Lipinski definition) is 7. The Morgan fingerprint density at radius 2 is 2.26 bits per heavy atom. The van der Waals surface area contributed by atoms with Gasteiger partial charge in [0.15, 0.2) is 0 Å². The molecule has 0 aromatic carbocycles. The van der Waals surface area contributed by atoms with Crippen molar-refractivity contribution < 1.29 is 4.74 Å². The minimum absolute atomic E-state index is 0.470. The smallest absolute Gasteiger partial charge is 0.145 e. The third kappa shape index (κ3) is 5.61. The van der Waals surface area contributed by atoms with Crippen LogP contribution in [0.1, 0.15) is 17.9 Å². The van der Waals surface area contributed by atoms with Gasteiger partial charge in [0.1, 0.15) is 11.6 Å². The molecule has 1 aromatic heterocycles. The monoisotopic (exact) mass is 264 g/mol. The number of methoxy groups -OCH3 is 1. The highest BCUT2D eigenvalue weighted by Crippen LogP contribution is 2.07. The lowest BCUT2D eigenvalue weighted by Gasteiger charge is -2.20. The predicted octanol–water partition coefficient (Wildman–Crippen LogP) is 0.433. The fourth-order valence-corrected chi connectivity index (χ4v) is 1.67.